The Balaban J connectivity index is 1.77. The summed E-state index contributed by atoms with van der Waals surface area (Å²) in [7, 11) is 0. The summed E-state index contributed by atoms with van der Waals surface area (Å²) in [6.45, 7) is 2.32. The average molecular weight is 450 g/mol. The van der Waals surface area contributed by atoms with Crippen LogP contribution >= 0.6 is 11.6 Å². The Kier molecular flexibility index (Phi) is 6.51. The maximum atomic E-state index is 13.0. The fraction of sp³-hybridized carbons (Fsp3) is 0.190. The van der Waals surface area contributed by atoms with Gasteiger partial charge in [-0.2, -0.15) is 23.4 Å². The monoisotopic (exact) mass is 449 g/mol. The minimum absolute atomic E-state index is 0.0245. The Bertz CT molecular complexity index is 1200. The van der Waals surface area contributed by atoms with Crippen LogP contribution in [0.15, 0.2) is 53.5 Å². The first-order valence-electron chi connectivity index (χ1n) is 8.99. The van der Waals surface area contributed by atoms with E-state index in [0.29, 0.717) is 12.1 Å². The lowest BCUT2D eigenvalue weighted by Gasteiger charge is -2.13. The average Bonchev–Trinajstić information content (AvgIpc) is 2.73. The normalized spacial score (nSPS) is 11.1. The minimum Gasteiger partial charge on any atom is -0.473 e. The number of ether oxygens (including phenoxy) is 2. The zero-order valence-corrected chi connectivity index (χ0v) is 16.9. The van der Waals surface area contributed by atoms with Crippen LogP contribution in [-0.4, -0.2) is 9.55 Å². The van der Waals surface area contributed by atoms with Crippen LogP contribution in [0.2, 0.25) is 5.02 Å². The number of nitrogens with zero attached hydrogens (tertiary/aromatic N) is 3. The fourth-order valence-corrected chi connectivity index (χ4v) is 2.87. The highest BCUT2D eigenvalue weighted by Crippen LogP contribution is 2.38. The Labute approximate surface area is 180 Å². The number of hydrogen-bond acceptors (Lipinski definition) is 5. The molecule has 3 rings (SSSR count). The van der Waals surface area contributed by atoms with Gasteiger partial charge in [-0.05, 0) is 42.8 Å². The highest BCUT2D eigenvalue weighted by atomic mass is 35.5. The molecule has 0 aliphatic heterocycles. The molecule has 0 fully saturated rings. The van der Waals surface area contributed by atoms with E-state index in [1.54, 1.807) is 18.3 Å². The molecule has 0 atom stereocenters. The Morgan fingerprint density at radius 2 is 1.97 bits per heavy atom. The third-order valence-corrected chi connectivity index (χ3v) is 4.54. The van der Waals surface area contributed by atoms with Crippen LogP contribution < -0.4 is 15.2 Å². The van der Waals surface area contributed by atoms with Crippen LogP contribution in [0.1, 0.15) is 23.6 Å². The van der Waals surface area contributed by atoms with Gasteiger partial charge in [-0.15, -0.1) is 0 Å². The van der Waals surface area contributed by atoms with Crippen molar-refractivity contribution in [3.63, 3.8) is 0 Å². The van der Waals surface area contributed by atoms with Crippen molar-refractivity contribution < 1.29 is 22.6 Å². The van der Waals surface area contributed by atoms with E-state index in [1.165, 1.54) is 22.8 Å². The SMILES string of the molecule is CCn1ccc(OCc2ccc(Oc3ccc(Cl)c(C(F)(F)F)c3)c(C#N)c2)nc1=O. The molecule has 31 heavy (non-hydrogen) atoms. The first-order valence-corrected chi connectivity index (χ1v) is 9.37. The summed E-state index contributed by atoms with van der Waals surface area (Å²) >= 11 is 5.61. The number of benzene rings is 2. The summed E-state index contributed by atoms with van der Waals surface area (Å²) in [4.78, 5) is 15.5. The largest absolute Gasteiger partial charge is 0.473 e. The third kappa shape index (κ3) is 5.35. The molecule has 10 heteroatoms. The molecular weight excluding hydrogens is 435 g/mol. The van der Waals surface area contributed by atoms with Crippen LogP contribution in [0.5, 0.6) is 17.4 Å². The van der Waals surface area contributed by atoms with Gasteiger partial charge >= 0.3 is 11.9 Å². The zero-order chi connectivity index (χ0) is 22.6. The van der Waals surface area contributed by atoms with Crippen LogP contribution in [0.25, 0.3) is 0 Å². The maximum absolute atomic E-state index is 13.0. The topological polar surface area (TPSA) is 77.1 Å². The van der Waals surface area contributed by atoms with E-state index in [4.69, 9.17) is 21.1 Å². The maximum Gasteiger partial charge on any atom is 0.417 e. The van der Waals surface area contributed by atoms with Gasteiger partial charge in [-0.3, -0.25) is 4.57 Å². The number of hydrogen-bond donors (Lipinski definition) is 0. The van der Waals surface area contributed by atoms with Crippen LogP contribution in [-0.2, 0) is 19.3 Å². The van der Waals surface area contributed by atoms with E-state index in [0.717, 1.165) is 12.1 Å². The van der Waals surface area contributed by atoms with Gasteiger partial charge in [0.15, 0.2) is 0 Å². The molecule has 0 amide bonds. The molecule has 0 aliphatic carbocycles. The molecule has 0 aliphatic rings. The Morgan fingerprint density at radius 1 is 1.19 bits per heavy atom. The van der Waals surface area contributed by atoms with Crippen molar-refractivity contribution in [1.29, 1.82) is 5.26 Å². The highest BCUT2D eigenvalue weighted by Gasteiger charge is 2.33. The number of aryl methyl sites for hydroxylation is 1. The molecule has 1 heterocycles. The summed E-state index contributed by atoms with van der Waals surface area (Å²) in [5.41, 5.74) is -0.799. The van der Waals surface area contributed by atoms with Crippen molar-refractivity contribution >= 4 is 11.6 Å². The molecule has 0 saturated heterocycles. The second-order valence-electron chi connectivity index (χ2n) is 6.31. The lowest BCUT2D eigenvalue weighted by Crippen LogP contribution is -2.21. The van der Waals surface area contributed by atoms with Gasteiger partial charge in [0.05, 0.1) is 16.1 Å². The van der Waals surface area contributed by atoms with Gasteiger partial charge in [0, 0.05) is 18.8 Å². The van der Waals surface area contributed by atoms with E-state index in [1.807, 2.05) is 13.0 Å². The summed E-state index contributed by atoms with van der Waals surface area (Å²) in [5.74, 6) is 0.0951. The second kappa shape index (κ2) is 9.10. The number of alkyl halides is 3. The van der Waals surface area contributed by atoms with Crippen molar-refractivity contribution in [1.82, 2.24) is 9.55 Å². The molecule has 1 aromatic heterocycles. The van der Waals surface area contributed by atoms with Gasteiger partial charge in [0.2, 0.25) is 5.88 Å². The molecule has 2 aromatic carbocycles. The number of aromatic nitrogens is 2. The minimum atomic E-state index is -4.64. The van der Waals surface area contributed by atoms with Crippen molar-refractivity contribution in [3.05, 3.63) is 80.9 Å². The fourth-order valence-electron chi connectivity index (χ4n) is 2.65. The molecule has 0 N–H and O–H groups in total. The summed E-state index contributed by atoms with van der Waals surface area (Å²) in [5, 5.41) is 8.95. The van der Waals surface area contributed by atoms with Crippen LogP contribution in [0.4, 0.5) is 13.2 Å². The lowest BCUT2D eigenvalue weighted by molar-refractivity contribution is -0.137. The number of rotatable bonds is 6. The molecule has 0 radical (unpaired) electrons. The van der Waals surface area contributed by atoms with Crippen LogP contribution in [0, 0.1) is 11.3 Å². The van der Waals surface area contributed by atoms with E-state index < -0.39 is 22.5 Å². The summed E-state index contributed by atoms with van der Waals surface area (Å²) < 4.78 is 51.4. The molecule has 160 valence electrons. The van der Waals surface area contributed by atoms with E-state index in [9.17, 15) is 23.2 Å². The molecule has 0 unspecified atom stereocenters. The highest BCUT2D eigenvalue weighted by molar-refractivity contribution is 6.31. The van der Waals surface area contributed by atoms with Gasteiger partial charge in [0.1, 0.15) is 24.2 Å². The summed E-state index contributed by atoms with van der Waals surface area (Å²) in [6, 6.07) is 11.1. The third-order valence-electron chi connectivity index (χ3n) is 4.21. The molecule has 0 bridgehead atoms. The molecule has 0 saturated carbocycles. The predicted octanol–water partition coefficient (Wildman–Crippen LogP) is 5.18. The van der Waals surface area contributed by atoms with Crippen LogP contribution in [0.3, 0.4) is 0 Å². The number of nitriles is 1. The molecule has 3 aromatic rings. The zero-order valence-electron chi connectivity index (χ0n) is 16.1. The van der Waals surface area contributed by atoms with E-state index in [-0.39, 0.29) is 29.5 Å². The van der Waals surface area contributed by atoms with Gasteiger partial charge in [-0.1, -0.05) is 17.7 Å². The van der Waals surface area contributed by atoms with E-state index in [2.05, 4.69) is 4.98 Å². The quantitative estimate of drug-likeness (QED) is 0.518. The molecule has 0 spiro atoms. The second-order valence-corrected chi connectivity index (χ2v) is 6.71. The van der Waals surface area contributed by atoms with Crippen molar-refractivity contribution in [3.8, 4) is 23.4 Å². The lowest BCUT2D eigenvalue weighted by atomic mass is 10.1. The predicted molar refractivity (Wildman–Crippen MR) is 106 cm³/mol. The van der Waals surface area contributed by atoms with Gasteiger partial charge < -0.3 is 9.47 Å². The van der Waals surface area contributed by atoms with Crippen molar-refractivity contribution in [2.45, 2.75) is 26.3 Å². The first kappa shape index (κ1) is 22.2. The number of halogens is 4. The Morgan fingerprint density at radius 3 is 2.61 bits per heavy atom. The molecular formula is C21H15ClF3N3O3. The smallest absolute Gasteiger partial charge is 0.417 e. The van der Waals surface area contributed by atoms with Crippen molar-refractivity contribution in [2.75, 3.05) is 0 Å². The molecule has 6 nitrogen and oxygen atoms in total. The van der Waals surface area contributed by atoms with Crippen molar-refractivity contribution in [2.24, 2.45) is 0 Å². The Hall–Kier alpha value is -3.51. The summed E-state index contributed by atoms with van der Waals surface area (Å²) in [6.07, 6.45) is -3.08. The van der Waals surface area contributed by atoms with Gasteiger partial charge in [-0.25, -0.2) is 4.79 Å². The van der Waals surface area contributed by atoms with Gasteiger partial charge in [0.25, 0.3) is 0 Å². The first-order chi connectivity index (χ1) is 14.7. The standard InChI is InChI=1S/C21H15ClF3N3O3/c1-2-28-8-7-19(27-20(28)29)30-12-13-3-6-18(14(9-13)11-26)31-15-4-5-17(22)16(10-15)21(23,24)25/h3-10H,2,12H2,1H3. The van der Waals surface area contributed by atoms with E-state index >= 15 is 0 Å².